The molecule has 170 valence electrons. The summed E-state index contributed by atoms with van der Waals surface area (Å²) in [5.74, 6) is -0.746. The number of benzene rings is 2. The fourth-order valence-corrected chi connectivity index (χ4v) is 3.85. The van der Waals surface area contributed by atoms with E-state index < -0.39 is 39.3 Å². The third kappa shape index (κ3) is 7.25. The summed E-state index contributed by atoms with van der Waals surface area (Å²) < 4.78 is 75.3. The maximum atomic E-state index is 12.9. The van der Waals surface area contributed by atoms with Crippen LogP contribution in [0.25, 0.3) is 0 Å². The number of hydrogen-bond acceptors (Lipinski definition) is 5. The van der Waals surface area contributed by atoms with Crippen molar-refractivity contribution in [3.05, 3.63) is 52.0 Å². The molecule has 0 heterocycles. The molecule has 0 unspecified atom stereocenters. The Bertz CT molecular complexity index is 1050. The molecule has 0 aliphatic rings. The molecule has 0 fully saturated rings. The van der Waals surface area contributed by atoms with E-state index in [1.54, 1.807) is 0 Å². The van der Waals surface area contributed by atoms with Gasteiger partial charge in [-0.05, 0) is 36.4 Å². The van der Waals surface area contributed by atoms with E-state index >= 15 is 0 Å². The zero-order chi connectivity index (χ0) is 23.2. The molecule has 2 N–H and O–H groups in total. The number of methoxy groups -OCH3 is 1. The predicted molar refractivity (Wildman–Crippen MR) is 109 cm³/mol. The van der Waals surface area contributed by atoms with Gasteiger partial charge in [0.1, 0.15) is 5.75 Å². The van der Waals surface area contributed by atoms with Crippen LogP contribution in [0, 0.1) is 0 Å². The standard InChI is InChI=1S/C18H17Cl2F3N2O5S/c1-29-7-6-24-31(27,28)12-3-5-16(15(20)9-12)30-10-17(26)25-11-2-4-14(19)13(8-11)18(21,22)23/h2-5,8-9,24H,6-7,10H2,1H3,(H,25,26). The van der Waals surface area contributed by atoms with Gasteiger partial charge in [0.05, 0.1) is 27.1 Å². The smallest absolute Gasteiger partial charge is 0.417 e. The highest BCUT2D eigenvalue weighted by molar-refractivity contribution is 7.89. The van der Waals surface area contributed by atoms with Gasteiger partial charge in [-0.3, -0.25) is 4.79 Å². The molecule has 31 heavy (non-hydrogen) atoms. The second-order valence-electron chi connectivity index (χ2n) is 6.01. The van der Waals surface area contributed by atoms with Crippen LogP contribution in [-0.2, 0) is 25.7 Å². The summed E-state index contributed by atoms with van der Waals surface area (Å²) >= 11 is 11.5. The highest BCUT2D eigenvalue weighted by Gasteiger charge is 2.33. The van der Waals surface area contributed by atoms with Gasteiger partial charge >= 0.3 is 6.18 Å². The van der Waals surface area contributed by atoms with Crippen molar-refractivity contribution in [3.63, 3.8) is 0 Å². The molecule has 2 rings (SSSR count). The van der Waals surface area contributed by atoms with E-state index in [1.165, 1.54) is 25.3 Å². The molecule has 2 aromatic carbocycles. The first-order valence-corrected chi connectivity index (χ1v) is 10.8. The number of amides is 1. The van der Waals surface area contributed by atoms with Crippen LogP contribution < -0.4 is 14.8 Å². The van der Waals surface area contributed by atoms with Crippen molar-refractivity contribution >= 4 is 44.8 Å². The molecule has 0 aliphatic carbocycles. The number of carbonyl (C=O) groups excluding carboxylic acids is 1. The quantitative estimate of drug-likeness (QED) is 0.508. The lowest BCUT2D eigenvalue weighted by Gasteiger charge is -2.13. The van der Waals surface area contributed by atoms with Gasteiger partial charge in [0, 0.05) is 19.3 Å². The zero-order valence-electron chi connectivity index (χ0n) is 15.9. The molecule has 0 aliphatic heterocycles. The molecule has 7 nitrogen and oxygen atoms in total. The number of nitrogens with one attached hydrogen (secondary N) is 2. The van der Waals surface area contributed by atoms with Gasteiger partial charge in [-0.1, -0.05) is 23.2 Å². The van der Waals surface area contributed by atoms with Crippen molar-refractivity contribution in [2.45, 2.75) is 11.1 Å². The average Bonchev–Trinajstić information content (AvgIpc) is 2.67. The summed E-state index contributed by atoms with van der Waals surface area (Å²) in [5, 5.41) is 1.68. The summed E-state index contributed by atoms with van der Waals surface area (Å²) in [6, 6.07) is 6.53. The molecule has 0 spiro atoms. The van der Waals surface area contributed by atoms with Crippen LogP contribution in [0.4, 0.5) is 18.9 Å². The zero-order valence-corrected chi connectivity index (χ0v) is 18.3. The van der Waals surface area contributed by atoms with E-state index in [0.717, 1.165) is 12.1 Å². The molecule has 0 saturated carbocycles. The first kappa shape index (κ1) is 25.2. The largest absolute Gasteiger partial charge is 0.482 e. The van der Waals surface area contributed by atoms with Gasteiger partial charge in [-0.15, -0.1) is 0 Å². The Morgan fingerprint density at radius 3 is 2.42 bits per heavy atom. The van der Waals surface area contributed by atoms with Crippen LogP contribution >= 0.6 is 23.2 Å². The molecule has 0 radical (unpaired) electrons. The minimum absolute atomic E-state index is 0.0137. The van der Waals surface area contributed by atoms with E-state index in [2.05, 4.69) is 10.0 Å². The van der Waals surface area contributed by atoms with E-state index in [1.807, 2.05) is 0 Å². The van der Waals surface area contributed by atoms with Gasteiger partial charge in [-0.25, -0.2) is 13.1 Å². The number of alkyl halides is 3. The lowest BCUT2D eigenvalue weighted by molar-refractivity contribution is -0.137. The van der Waals surface area contributed by atoms with E-state index in [0.29, 0.717) is 6.07 Å². The van der Waals surface area contributed by atoms with E-state index in [9.17, 15) is 26.4 Å². The monoisotopic (exact) mass is 500 g/mol. The van der Waals surface area contributed by atoms with E-state index in [4.69, 9.17) is 32.7 Å². The summed E-state index contributed by atoms with van der Waals surface area (Å²) in [6.45, 7) is -0.334. The summed E-state index contributed by atoms with van der Waals surface area (Å²) in [4.78, 5) is 11.9. The first-order chi connectivity index (χ1) is 14.4. The van der Waals surface area contributed by atoms with Gasteiger partial charge < -0.3 is 14.8 Å². The van der Waals surface area contributed by atoms with Gasteiger partial charge in [0.15, 0.2) is 6.61 Å². The Morgan fingerprint density at radius 2 is 1.81 bits per heavy atom. The Labute approximate surface area is 186 Å². The fraction of sp³-hybridized carbons (Fsp3) is 0.278. The van der Waals surface area contributed by atoms with Crippen molar-refractivity contribution in [2.24, 2.45) is 0 Å². The number of anilines is 1. The van der Waals surface area contributed by atoms with Crippen molar-refractivity contribution in [3.8, 4) is 5.75 Å². The molecule has 0 bridgehead atoms. The van der Waals surface area contributed by atoms with Crippen molar-refractivity contribution < 1.29 is 35.9 Å². The molecule has 0 atom stereocenters. The number of carbonyl (C=O) groups is 1. The second-order valence-corrected chi connectivity index (χ2v) is 8.59. The molecule has 13 heteroatoms. The van der Waals surface area contributed by atoms with Crippen molar-refractivity contribution in [2.75, 3.05) is 32.2 Å². The molecule has 0 aromatic heterocycles. The molecule has 0 saturated heterocycles. The van der Waals surface area contributed by atoms with Crippen molar-refractivity contribution in [1.29, 1.82) is 0 Å². The number of rotatable bonds is 9. The third-order valence-electron chi connectivity index (χ3n) is 3.73. The number of hydrogen-bond donors (Lipinski definition) is 2. The van der Waals surface area contributed by atoms with Crippen LogP contribution in [0.5, 0.6) is 5.75 Å². The average molecular weight is 501 g/mol. The highest BCUT2D eigenvalue weighted by atomic mass is 35.5. The lowest BCUT2D eigenvalue weighted by Crippen LogP contribution is -2.27. The second kappa shape index (κ2) is 10.5. The maximum absolute atomic E-state index is 12.9. The summed E-state index contributed by atoms with van der Waals surface area (Å²) in [5.41, 5.74) is -1.22. The maximum Gasteiger partial charge on any atom is 0.417 e. The SMILES string of the molecule is COCCNS(=O)(=O)c1ccc(OCC(=O)Nc2ccc(Cl)c(C(F)(F)F)c2)c(Cl)c1. The highest BCUT2D eigenvalue weighted by Crippen LogP contribution is 2.36. The van der Waals surface area contributed by atoms with Crippen LogP contribution in [0.2, 0.25) is 10.0 Å². The fourth-order valence-electron chi connectivity index (χ4n) is 2.29. The van der Waals surface area contributed by atoms with Crippen LogP contribution in [0.3, 0.4) is 0 Å². The molecule has 2 aromatic rings. The Morgan fingerprint density at radius 1 is 1.10 bits per heavy atom. The van der Waals surface area contributed by atoms with Crippen LogP contribution in [-0.4, -0.2) is 41.2 Å². The van der Waals surface area contributed by atoms with Crippen molar-refractivity contribution in [1.82, 2.24) is 4.72 Å². The van der Waals surface area contributed by atoms with Crippen LogP contribution in [0.15, 0.2) is 41.3 Å². The number of sulfonamides is 1. The van der Waals surface area contributed by atoms with E-state index in [-0.39, 0.29) is 34.5 Å². The first-order valence-electron chi connectivity index (χ1n) is 8.51. The topological polar surface area (TPSA) is 93.7 Å². The minimum Gasteiger partial charge on any atom is -0.482 e. The molecular weight excluding hydrogens is 484 g/mol. The van der Waals surface area contributed by atoms with Crippen LogP contribution in [0.1, 0.15) is 5.56 Å². The summed E-state index contributed by atoms with van der Waals surface area (Å²) in [7, 11) is -2.39. The molecule has 1 amide bonds. The Balaban J connectivity index is 2.01. The minimum atomic E-state index is -4.68. The number of ether oxygens (including phenoxy) is 2. The predicted octanol–water partition coefficient (Wildman–Crippen LogP) is 3.95. The Kier molecular flexibility index (Phi) is 8.55. The number of halogens is 5. The molecular formula is C18H17Cl2F3N2O5S. The summed E-state index contributed by atoms with van der Waals surface area (Å²) in [6.07, 6.45) is -4.68. The lowest BCUT2D eigenvalue weighted by atomic mass is 10.2. The third-order valence-corrected chi connectivity index (χ3v) is 5.81. The van der Waals surface area contributed by atoms with Gasteiger partial charge in [0.25, 0.3) is 5.91 Å². The van der Waals surface area contributed by atoms with Gasteiger partial charge in [-0.2, -0.15) is 13.2 Å². The van der Waals surface area contributed by atoms with Gasteiger partial charge in [0.2, 0.25) is 10.0 Å². The Hall–Kier alpha value is -2.05. The normalized spacial score (nSPS) is 11.9.